The van der Waals surface area contributed by atoms with Gasteiger partial charge in [0.25, 0.3) is 0 Å². The van der Waals surface area contributed by atoms with Gasteiger partial charge in [0, 0.05) is 6.42 Å². The molecular formula is C12H12FNO. The minimum Gasteiger partial charge on any atom is -0.298 e. The van der Waals surface area contributed by atoms with Gasteiger partial charge in [0.05, 0.1) is 6.07 Å². The highest BCUT2D eigenvalue weighted by Crippen LogP contribution is 2.24. The van der Waals surface area contributed by atoms with Gasteiger partial charge in [-0.05, 0) is 25.5 Å². The number of benzene rings is 1. The molecule has 78 valence electrons. The number of hydrogen-bond donors (Lipinski definition) is 0. The lowest BCUT2D eigenvalue weighted by Gasteiger charge is -2.17. The Labute approximate surface area is 88.3 Å². The lowest BCUT2D eigenvalue weighted by atomic mass is 9.81. The van der Waals surface area contributed by atoms with Gasteiger partial charge in [-0.1, -0.05) is 18.2 Å². The molecule has 0 spiro atoms. The number of rotatable bonds is 3. The van der Waals surface area contributed by atoms with Crippen LogP contribution in [0.15, 0.2) is 24.3 Å². The van der Waals surface area contributed by atoms with E-state index in [-0.39, 0.29) is 18.0 Å². The van der Waals surface area contributed by atoms with Gasteiger partial charge in [0.1, 0.15) is 17.0 Å². The first-order chi connectivity index (χ1) is 6.99. The summed E-state index contributed by atoms with van der Waals surface area (Å²) in [5.41, 5.74) is -0.737. The second-order valence-electron chi connectivity index (χ2n) is 3.77. The minimum atomic E-state index is -1.14. The molecule has 0 aliphatic heterocycles. The zero-order valence-electron chi connectivity index (χ0n) is 8.75. The smallest absolute Gasteiger partial charge is 0.150 e. The Bertz CT molecular complexity index is 422. The Hall–Kier alpha value is -1.69. The average molecular weight is 205 g/mol. The van der Waals surface area contributed by atoms with Gasteiger partial charge in [-0.15, -0.1) is 0 Å². The topological polar surface area (TPSA) is 40.9 Å². The van der Waals surface area contributed by atoms with Crippen molar-refractivity contribution in [3.8, 4) is 6.07 Å². The average Bonchev–Trinajstić information content (AvgIpc) is 2.21. The fourth-order valence-electron chi connectivity index (χ4n) is 1.27. The van der Waals surface area contributed by atoms with Crippen molar-refractivity contribution in [3.63, 3.8) is 0 Å². The summed E-state index contributed by atoms with van der Waals surface area (Å²) in [5.74, 6) is -0.617. The van der Waals surface area contributed by atoms with Crippen LogP contribution < -0.4 is 0 Å². The predicted molar refractivity (Wildman–Crippen MR) is 54.5 cm³/mol. The molecule has 0 aliphatic carbocycles. The second-order valence-corrected chi connectivity index (χ2v) is 3.77. The maximum absolute atomic E-state index is 13.3. The third-order valence-electron chi connectivity index (χ3n) is 2.53. The molecule has 2 nitrogen and oxygen atoms in total. The van der Waals surface area contributed by atoms with Crippen molar-refractivity contribution in [3.05, 3.63) is 35.6 Å². The van der Waals surface area contributed by atoms with Gasteiger partial charge in [-0.25, -0.2) is 4.39 Å². The van der Waals surface area contributed by atoms with E-state index in [4.69, 9.17) is 5.26 Å². The van der Waals surface area contributed by atoms with Crippen LogP contribution in [0.3, 0.4) is 0 Å². The van der Waals surface area contributed by atoms with E-state index in [0.717, 1.165) is 0 Å². The number of ketones is 1. The predicted octanol–water partition coefficient (Wildman–Crippen LogP) is 2.49. The molecule has 0 radical (unpaired) electrons. The van der Waals surface area contributed by atoms with E-state index < -0.39 is 5.41 Å². The number of nitrogens with zero attached hydrogens (tertiary/aromatic N) is 1. The lowest BCUT2D eigenvalue weighted by Crippen LogP contribution is -2.26. The van der Waals surface area contributed by atoms with E-state index in [1.54, 1.807) is 18.2 Å². The Morgan fingerprint density at radius 2 is 2.13 bits per heavy atom. The van der Waals surface area contributed by atoms with Gasteiger partial charge in [-0.3, -0.25) is 4.79 Å². The lowest BCUT2D eigenvalue weighted by molar-refractivity contribution is -0.123. The van der Waals surface area contributed by atoms with Crippen LogP contribution in [-0.2, 0) is 11.2 Å². The molecule has 1 aromatic rings. The van der Waals surface area contributed by atoms with Crippen molar-refractivity contribution in [2.75, 3.05) is 0 Å². The molecule has 0 aliphatic rings. The van der Waals surface area contributed by atoms with Crippen molar-refractivity contribution in [2.24, 2.45) is 5.41 Å². The second kappa shape index (κ2) is 4.22. The zero-order chi connectivity index (χ0) is 11.5. The maximum Gasteiger partial charge on any atom is 0.150 e. The molecule has 1 unspecified atom stereocenters. The molecule has 0 fully saturated rings. The van der Waals surface area contributed by atoms with E-state index in [0.29, 0.717) is 5.56 Å². The summed E-state index contributed by atoms with van der Waals surface area (Å²) in [5, 5.41) is 8.91. The highest BCUT2D eigenvalue weighted by Gasteiger charge is 2.30. The standard InChI is InChI=1S/C12H12FNO/c1-9(15)12(2,8-14)7-10-5-3-4-6-11(10)13/h3-6H,7H2,1-2H3. The third-order valence-corrected chi connectivity index (χ3v) is 2.53. The maximum atomic E-state index is 13.3. The largest absolute Gasteiger partial charge is 0.298 e. The van der Waals surface area contributed by atoms with Crippen molar-refractivity contribution < 1.29 is 9.18 Å². The number of halogens is 1. The van der Waals surface area contributed by atoms with Crippen LogP contribution in [0.4, 0.5) is 4.39 Å². The van der Waals surface area contributed by atoms with Crippen molar-refractivity contribution >= 4 is 5.78 Å². The summed E-state index contributed by atoms with van der Waals surface area (Å²) in [7, 11) is 0. The zero-order valence-corrected chi connectivity index (χ0v) is 8.75. The fourth-order valence-corrected chi connectivity index (χ4v) is 1.27. The van der Waals surface area contributed by atoms with Crippen LogP contribution in [0.2, 0.25) is 0 Å². The Morgan fingerprint density at radius 3 is 2.60 bits per heavy atom. The van der Waals surface area contributed by atoms with Crippen molar-refractivity contribution in [1.29, 1.82) is 5.26 Å². The van der Waals surface area contributed by atoms with Crippen LogP contribution >= 0.6 is 0 Å². The molecule has 0 N–H and O–H groups in total. The van der Waals surface area contributed by atoms with Crippen LogP contribution in [0, 0.1) is 22.6 Å². The van der Waals surface area contributed by atoms with E-state index >= 15 is 0 Å². The SMILES string of the molecule is CC(=O)C(C)(C#N)Cc1ccccc1F. The summed E-state index contributed by atoms with van der Waals surface area (Å²) in [6.45, 7) is 2.88. The molecule has 0 saturated carbocycles. The Kier molecular flexibility index (Phi) is 3.21. The van der Waals surface area contributed by atoms with Crippen LogP contribution in [0.25, 0.3) is 0 Å². The highest BCUT2D eigenvalue weighted by molar-refractivity contribution is 5.85. The van der Waals surface area contributed by atoms with E-state index in [2.05, 4.69) is 0 Å². The fraction of sp³-hybridized carbons (Fsp3) is 0.333. The number of carbonyl (C=O) groups is 1. The quantitative estimate of drug-likeness (QED) is 0.760. The van der Waals surface area contributed by atoms with Crippen molar-refractivity contribution in [1.82, 2.24) is 0 Å². The summed E-state index contributed by atoms with van der Waals surface area (Å²) in [6.07, 6.45) is 0.117. The molecule has 0 aromatic heterocycles. The first kappa shape index (κ1) is 11.4. The molecule has 0 saturated heterocycles. The first-order valence-electron chi connectivity index (χ1n) is 4.65. The third kappa shape index (κ3) is 2.41. The molecule has 3 heteroatoms. The molecule has 0 amide bonds. The summed E-state index contributed by atoms with van der Waals surface area (Å²) in [4.78, 5) is 11.3. The Balaban J connectivity index is 3.01. The molecule has 0 bridgehead atoms. The van der Waals surface area contributed by atoms with E-state index in [1.807, 2.05) is 6.07 Å². The molecule has 1 aromatic carbocycles. The van der Waals surface area contributed by atoms with Gasteiger partial charge in [0.2, 0.25) is 0 Å². The van der Waals surface area contributed by atoms with Gasteiger partial charge < -0.3 is 0 Å². The molecule has 1 rings (SSSR count). The molecule has 15 heavy (non-hydrogen) atoms. The number of carbonyl (C=O) groups excluding carboxylic acids is 1. The molecule has 1 atom stereocenters. The van der Waals surface area contributed by atoms with E-state index in [9.17, 15) is 9.18 Å². The first-order valence-corrected chi connectivity index (χ1v) is 4.65. The van der Waals surface area contributed by atoms with Gasteiger partial charge in [-0.2, -0.15) is 5.26 Å². The van der Waals surface area contributed by atoms with Crippen LogP contribution in [0.1, 0.15) is 19.4 Å². The van der Waals surface area contributed by atoms with Gasteiger partial charge in [0.15, 0.2) is 0 Å². The summed E-state index contributed by atoms with van der Waals surface area (Å²) < 4.78 is 13.3. The van der Waals surface area contributed by atoms with Crippen LogP contribution in [0.5, 0.6) is 0 Å². The van der Waals surface area contributed by atoms with Gasteiger partial charge >= 0.3 is 0 Å². The summed E-state index contributed by atoms with van der Waals surface area (Å²) >= 11 is 0. The van der Waals surface area contributed by atoms with Crippen molar-refractivity contribution in [2.45, 2.75) is 20.3 Å². The number of nitriles is 1. The minimum absolute atomic E-state index is 0.117. The molecular weight excluding hydrogens is 193 g/mol. The number of hydrogen-bond acceptors (Lipinski definition) is 2. The normalized spacial score (nSPS) is 14.0. The Morgan fingerprint density at radius 1 is 1.53 bits per heavy atom. The summed E-state index contributed by atoms with van der Waals surface area (Å²) in [6, 6.07) is 8.13. The monoisotopic (exact) mass is 205 g/mol. The van der Waals surface area contributed by atoms with Crippen LogP contribution in [-0.4, -0.2) is 5.78 Å². The number of Topliss-reactive ketones (excluding diaryl/α,β-unsaturated/α-hetero) is 1. The highest BCUT2D eigenvalue weighted by atomic mass is 19.1. The van der Waals surface area contributed by atoms with E-state index in [1.165, 1.54) is 19.9 Å². The molecule has 0 heterocycles.